The molecule has 0 bridgehead atoms. The predicted molar refractivity (Wildman–Crippen MR) is 197 cm³/mol. The van der Waals surface area contributed by atoms with Gasteiger partial charge in [0.1, 0.15) is 22.1 Å². The van der Waals surface area contributed by atoms with E-state index in [2.05, 4.69) is 81.4 Å². The first kappa shape index (κ1) is 35.0. The molecular weight excluding hydrogens is 608 g/mol. The van der Waals surface area contributed by atoms with Gasteiger partial charge < -0.3 is 10.2 Å². The lowest BCUT2D eigenvalue weighted by Crippen LogP contribution is -2.39. The second-order valence-corrected chi connectivity index (χ2v) is 18.3. The van der Waals surface area contributed by atoms with Gasteiger partial charge >= 0.3 is 0 Å². The van der Waals surface area contributed by atoms with Crippen molar-refractivity contribution in [3.05, 3.63) is 95.1 Å². The van der Waals surface area contributed by atoms with E-state index in [0.29, 0.717) is 19.3 Å². The fraction of sp³-hybridized carbons (Fsp3) is 0.512. The van der Waals surface area contributed by atoms with Gasteiger partial charge in [-0.05, 0) is 88.5 Å². The van der Waals surface area contributed by atoms with Crippen LogP contribution in [0.15, 0.2) is 95.1 Å². The van der Waals surface area contributed by atoms with Gasteiger partial charge in [-0.25, -0.2) is 0 Å². The maximum Gasteiger partial charge on any atom is 0.200 e. The second kappa shape index (κ2) is 11.9. The van der Waals surface area contributed by atoms with Gasteiger partial charge in [-0.3, -0.25) is 0 Å². The minimum absolute atomic E-state index is 0.0769. The summed E-state index contributed by atoms with van der Waals surface area (Å²) >= 11 is 0. The third kappa shape index (κ3) is 7.51. The number of hydrogen-bond acceptors (Lipinski definition) is 6. The number of aliphatic hydroxyl groups is 2. The van der Waals surface area contributed by atoms with Crippen LogP contribution in [0.2, 0.25) is 0 Å². The molecule has 6 rings (SSSR count). The molecule has 0 amide bonds. The highest BCUT2D eigenvalue weighted by Gasteiger charge is 2.42. The summed E-state index contributed by atoms with van der Waals surface area (Å²) in [6.07, 6.45) is 11.5. The van der Waals surface area contributed by atoms with Gasteiger partial charge in [0.15, 0.2) is 11.4 Å². The van der Waals surface area contributed by atoms with Crippen molar-refractivity contribution in [3.63, 3.8) is 0 Å². The van der Waals surface area contributed by atoms with Crippen molar-refractivity contribution in [2.75, 3.05) is 0 Å². The van der Waals surface area contributed by atoms with E-state index in [1.54, 1.807) is 0 Å². The first-order valence-corrected chi connectivity index (χ1v) is 17.6. The first-order valence-electron chi connectivity index (χ1n) is 17.6. The summed E-state index contributed by atoms with van der Waals surface area (Å²) in [5.74, 6) is 0. The van der Waals surface area contributed by atoms with Crippen LogP contribution in [-0.4, -0.2) is 40.2 Å². The number of benzene rings is 2. The minimum atomic E-state index is -1.45. The van der Waals surface area contributed by atoms with Gasteiger partial charge in [0.05, 0.1) is 0 Å². The second-order valence-electron chi connectivity index (χ2n) is 18.3. The van der Waals surface area contributed by atoms with E-state index in [4.69, 9.17) is 20.4 Å². The molecule has 8 heteroatoms. The fourth-order valence-corrected chi connectivity index (χ4v) is 8.37. The molecule has 8 nitrogen and oxygen atoms in total. The van der Waals surface area contributed by atoms with Crippen LogP contribution < -0.4 is 0 Å². The van der Waals surface area contributed by atoms with Crippen LogP contribution in [-0.2, 0) is 11.4 Å². The van der Waals surface area contributed by atoms with Gasteiger partial charge in [0, 0.05) is 12.8 Å². The molecule has 2 aliphatic carbocycles. The molecule has 0 radical (unpaired) electrons. The van der Waals surface area contributed by atoms with Crippen LogP contribution in [0.25, 0.3) is 22.1 Å². The average Bonchev–Trinajstić information content (AvgIpc) is 3.60. The van der Waals surface area contributed by atoms with Gasteiger partial charge in [-0.15, -0.1) is 9.59 Å². The minimum Gasteiger partial charge on any atom is -0.364 e. The predicted octanol–water partition coefficient (Wildman–Crippen LogP) is 8.99. The van der Waals surface area contributed by atoms with Gasteiger partial charge in [-0.2, -0.15) is 20.4 Å². The molecule has 0 fully saturated rings. The Morgan fingerprint density at radius 2 is 0.857 bits per heavy atom. The molecule has 0 saturated heterocycles. The third-order valence-corrected chi connectivity index (χ3v) is 9.69. The van der Waals surface area contributed by atoms with Crippen molar-refractivity contribution in [1.29, 1.82) is 0 Å². The van der Waals surface area contributed by atoms with Crippen molar-refractivity contribution in [1.82, 2.24) is 30.0 Å². The lowest BCUT2D eigenvalue weighted by molar-refractivity contribution is -0.0177. The molecule has 2 unspecified atom stereocenters. The fourth-order valence-electron chi connectivity index (χ4n) is 8.37. The number of nitrogens with zero attached hydrogens (tertiary/aromatic N) is 6. The summed E-state index contributed by atoms with van der Waals surface area (Å²) in [4.78, 5) is 2.97. The van der Waals surface area contributed by atoms with E-state index < -0.39 is 11.4 Å². The number of fused-ring (bicyclic) bond motifs is 2. The van der Waals surface area contributed by atoms with E-state index in [9.17, 15) is 10.2 Å². The summed E-state index contributed by atoms with van der Waals surface area (Å²) in [7, 11) is 0. The monoisotopic (exact) mass is 662 g/mol. The molecule has 49 heavy (non-hydrogen) atoms. The molecule has 0 saturated carbocycles. The zero-order chi connectivity index (χ0) is 35.6. The Balaban J connectivity index is 1.43. The third-order valence-electron chi connectivity index (χ3n) is 9.69. The molecule has 260 valence electrons. The Hall–Kier alpha value is -3.88. The Labute approximate surface area is 291 Å². The zero-order valence-electron chi connectivity index (χ0n) is 31.0. The van der Waals surface area contributed by atoms with Crippen LogP contribution in [0.3, 0.4) is 0 Å². The maximum atomic E-state index is 12.5. The highest BCUT2D eigenvalue weighted by Crippen LogP contribution is 2.48. The van der Waals surface area contributed by atoms with Crippen LogP contribution in [0, 0.1) is 21.7 Å². The number of allylic oxidation sites excluding steroid dienone is 4. The van der Waals surface area contributed by atoms with Crippen molar-refractivity contribution < 1.29 is 10.2 Å². The summed E-state index contributed by atoms with van der Waals surface area (Å²) in [6.45, 7) is 22.5. The van der Waals surface area contributed by atoms with Crippen LogP contribution in [0.1, 0.15) is 101 Å². The topological polar surface area (TPSA) is 102 Å². The normalized spacial score (nSPS) is 22.6. The van der Waals surface area contributed by atoms with Crippen molar-refractivity contribution in [2.45, 2.75) is 113 Å². The summed E-state index contributed by atoms with van der Waals surface area (Å²) in [6, 6.07) is 15.4. The summed E-state index contributed by atoms with van der Waals surface area (Å²) in [5.41, 5.74) is 3.99. The van der Waals surface area contributed by atoms with E-state index in [1.165, 1.54) is 9.59 Å². The molecule has 2 aromatic carbocycles. The van der Waals surface area contributed by atoms with Crippen molar-refractivity contribution in [2.24, 2.45) is 21.7 Å². The Kier molecular flexibility index (Phi) is 8.47. The Morgan fingerprint density at radius 3 is 1.14 bits per heavy atom. The molecule has 4 aromatic rings. The van der Waals surface area contributed by atoms with E-state index in [1.807, 2.05) is 60.7 Å². The number of hydrogen-bond donors (Lipinski definition) is 2. The average molecular weight is 663 g/mol. The SMILES string of the molecule is CC(C)(C)CC(C)(C)C1=CC(O)(n2nc3ccccc3n2)CC(CC2=CC(C(C)(C)CC(C)(C)C)=CC(O)(n3nc4ccccc4n3)C2)=C1. The van der Waals surface area contributed by atoms with Crippen LogP contribution >= 0.6 is 0 Å². The van der Waals surface area contributed by atoms with E-state index >= 15 is 0 Å². The molecule has 2 atom stereocenters. The largest absolute Gasteiger partial charge is 0.364 e. The summed E-state index contributed by atoms with van der Waals surface area (Å²) < 4.78 is 0. The molecule has 0 aliphatic heterocycles. The highest BCUT2D eigenvalue weighted by atomic mass is 16.3. The highest BCUT2D eigenvalue weighted by molar-refractivity contribution is 5.73. The Bertz CT molecular complexity index is 1800. The lowest BCUT2D eigenvalue weighted by atomic mass is 9.68. The smallest absolute Gasteiger partial charge is 0.200 e. The Morgan fingerprint density at radius 1 is 0.551 bits per heavy atom. The molecule has 2 aromatic heterocycles. The van der Waals surface area contributed by atoms with Gasteiger partial charge in [0.25, 0.3) is 0 Å². The van der Waals surface area contributed by atoms with Gasteiger partial charge in [-0.1, -0.05) is 117 Å². The molecule has 2 heterocycles. The van der Waals surface area contributed by atoms with Crippen molar-refractivity contribution in [3.8, 4) is 0 Å². The van der Waals surface area contributed by atoms with Gasteiger partial charge in [0.2, 0.25) is 0 Å². The molecular formula is C41H54N6O2. The standard InChI is InChI=1S/C41H54N6O2/c1-36(2,3)26-38(7,8)30-20-28(22-40(48,24-30)46-42-32-15-11-12-16-33(32)43-46)19-29-21-31(39(9,10)27-37(4,5)6)25-41(49,23-29)47-44-34-17-13-14-18-35(34)45-47/h11-18,20-21,24-25,48-49H,19,22-23,26-27H2,1-10H3. The number of aromatic nitrogens is 6. The van der Waals surface area contributed by atoms with Crippen LogP contribution in [0.5, 0.6) is 0 Å². The molecule has 2 aliphatic rings. The zero-order valence-corrected chi connectivity index (χ0v) is 31.0. The van der Waals surface area contributed by atoms with Crippen LogP contribution in [0.4, 0.5) is 0 Å². The maximum absolute atomic E-state index is 12.5. The lowest BCUT2D eigenvalue weighted by Gasteiger charge is -2.40. The first-order chi connectivity index (χ1) is 22.6. The van der Waals surface area contributed by atoms with E-state index in [-0.39, 0.29) is 21.7 Å². The number of rotatable bonds is 8. The quantitative estimate of drug-likeness (QED) is 0.195. The summed E-state index contributed by atoms with van der Waals surface area (Å²) in [5, 5.41) is 43.9. The van der Waals surface area contributed by atoms with E-state index in [0.717, 1.165) is 57.2 Å². The van der Waals surface area contributed by atoms with Crippen molar-refractivity contribution >= 4 is 22.1 Å². The molecule has 0 spiro atoms. The molecule has 2 N–H and O–H groups in total.